The monoisotopic (exact) mass is 419 g/mol. The zero-order valence-electron chi connectivity index (χ0n) is 16.2. The summed E-state index contributed by atoms with van der Waals surface area (Å²) in [7, 11) is -3.30. The lowest BCUT2D eigenvalue weighted by Gasteiger charge is -2.31. The highest BCUT2D eigenvalue weighted by atomic mass is 32.2. The number of hydrogen-bond donors (Lipinski definition) is 3. The molecule has 0 atom stereocenters. The van der Waals surface area contributed by atoms with Crippen LogP contribution in [0.25, 0.3) is 0 Å². The third-order valence-electron chi connectivity index (χ3n) is 4.64. The second kappa shape index (κ2) is 9.15. The number of carboxylic acid groups (broad SMARTS) is 1. The predicted octanol–water partition coefficient (Wildman–Crippen LogP) is 3.08. The van der Waals surface area contributed by atoms with Crippen LogP contribution in [-0.4, -0.2) is 49.9 Å². The van der Waals surface area contributed by atoms with Crippen molar-refractivity contribution in [2.24, 2.45) is 0 Å². The molecule has 0 aliphatic carbocycles. The summed E-state index contributed by atoms with van der Waals surface area (Å²) in [6, 6.07) is 14.6. The van der Waals surface area contributed by atoms with E-state index in [9.17, 15) is 13.2 Å². The maximum absolute atomic E-state index is 11.2. The fraction of sp³-hybridized carbons (Fsp3) is 0.350. The van der Waals surface area contributed by atoms with Crippen LogP contribution in [0.2, 0.25) is 0 Å². The standard InChI is InChI=1S/C20H25N3O5S/c1-29(26,27)22-17-4-8-19(9-5-17)28-18-6-2-15(3-7-18)14-23-12-10-16(11-13-23)21-20(24)25/h2-9,16,21-22H,10-14H2,1H3,(H,24,25). The van der Waals surface area contributed by atoms with Gasteiger partial charge in [-0.1, -0.05) is 12.1 Å². The molecule has 8 nitrogen and oxygen atoms in total. The van der Waals surface area contributed by atoms with E-state index in [4.69, 9.17) is 9.84 Å². The van der Waals surface area contributed by atoms with Gasteiger partial charge in [-0.2, -0.15) is 0 Å². The molecule has 2 aromatic carbocycles. The molecule has 9 heteroatoms. The van der Waals surface area contributed by atoms with Gasteiger partial charge in [-0.05, 0) is 54.8 Å². The number of likely N-dealkylation sites (tertiary alicyclic amines) is 1. The fourth-order valence-corrected chi connectivity index (χ4v) is 3.84. The first-order valence-corrected chi connectivity index (χ1v) is 11.2. The summed E-state index contributed by atoms with van der Waals surface area (Å²) >= 11 is 0. The Hall–Kier alpha value is -2.78. The molecule has 1 aliphatic heterocycles. The lowest BCUT2D eigenvalue weighted by molar-refractivity contribution is 0.165. The van der Waals surface area contributed by atoms with Crippen molar-refractivity contribution < 1.29 is 23.1 Å². The third-order valence-corrected chi connectivity index (χ3v) is 5.24. The Bertz CT molecular complexity index is 922. The molecule has 1 aliphatic rings. The quantitative estimate of drug-likeness (QED) is 0.637. The molecule has 1 heterocycles. The van der Waals surface area contributed by atoms with Crippen LogP contribution in [0, 0.1) is 0 Å². The van der Waals surface area contributed by atoms with E-state index in [0.29, 0.717) is 17.2 Å². The SMILES string of the molecule is CS(=O)(=O)Nc1ccc(Oc2ccc(CN3CCC(NC(=O)O)CC3)cc2)cc1. The molecule has 0 radical (unpaired) electrons. The van der Waals surface area contributed by atoms with Crippen LogP contribution in [0.3, 0.4) is 0 Å². The van der Waals surface area contributed by atoms with Gasteiger partial charge in [0, 0.05) is 31.4 Å². The smallest absolute Gasteiger partial charge is 0.404 e. The van der Waals surface area contributed by atoms with Crippen LogP contribution in [-0.2, 0) is 16.6 Å². The number of hydrogen-bond acceptors (Lipinski definition) is 5. The molecule has 1 fully saturated rings. The number of amides is 1. The molecule has 2 aromatic rings. The van der Waals surface area contributed by atoms with Gasteiger partial charge in [-0.3, -0.25) is 9.62 Å². The average molecular weight is 420 g/mol. The molecule has 0 spiro atoms. The van der Waals surface area contributed by atoms with E-state index in [1.807, 2.05) is 24.3 Å². The number of sulfonamides is 1. The molecule has 1 saturated heterocycles. The van der Waals surface area contributed by atoms with Crippen molar-refractivity contribution in [1.82, 2.24) is 10.2 Å². The highest BCUT2D eigenvalue weighted by molar-refractivity contribution is 7.92. The van der Waals surface area contributed by atoms with Crippen molar-refractivity contribution in [3.63, 3.8) is 0 Å². The van der Waals surface area contributed by atoms with Gasteiger partial charge in [0.2, 0.25) is 10.0 Å². The number of nitrogens with zero attached hydrogens (tertiary/aromatic N) is 1. The zero-order chi connectivity index (χ0) is 20.9. The molecule has 0 saturated carbocycles. The van der Waals surface area contributed by atoms with Gasteiger partial charge in [-0.15, -0.1) is 0 Å². The van der Waals surface area contributed by atoms with E-state index >= 15 is 0 Å². The minimum Gasteiger partial charge on any atom is -0.465 e. The van der Waals surface area contributed by atoms with E-state index in [1.165, 1.54) is 0 Å². The molecule has 156 valence electrons. The van der Waals surface area contributed by atoms with Gasteiger partial charge >= 0.3 is 6.09 Å². The number of benzene rings is 2. The number of anilines is 1. The summed E-state index contributed by atoms with van der Waals surface area (Å²) in [5.74, 6) is 1.31. The Kier molecular flexibility index (Phi) is 6.60. The van der Waals surface area contributed by atoms with E-state index < -0.39 is 16.1 Å². The summed E-state index contributed by atoms with van der Waals surface area (Å²) in [6.07, 6.45) is 1.78. The molecule has 0 unspecified atom stereocenters. The van der Waals surface area contributed by atoms with Gasteiger partial charge < -0.3 is 15.2 Å². The normalized spacial score (nSPS) is 15.6. The van der Waals surface area contributed by atoms with E-state index in [1.54, 1.807) is 24.3 Å². The molecule has 0 aromatic heterocycles. The molecule has 3 N–H and O–H groups in total. The highest BCUT2D eigenvalue weighted by Crippen LogP contribution is 2.24. The molecular formula is C20H25N3O5S. The first-order chi connectivity index (χ1) is 13.8. The van der Waals surface area contributed by atoms with Gasteiger partial charge in [0.15, 0.2) is 0 Å². The lowest BCUT2D eigenvalue weighted by atomic mass is 10.0. The van der Waals surface area contributed by atoms with Crippen molar-refractivity contribution in [2.75, 3.05) is 24.1 Å². The molecule has 0 bridgehead atoms. The first kappa shape index (κ1) is 20.9. The Morgan fingerprint density at radius 2 is 1.62 bits per heavy atom. The molecule has 3 rings (SSSR count). The number of ether oxygens (including phenoxy) is 1. The van der Waals surface area contributed by atoms with Gasteiger partial charge in [0.1, 0.15) is 11.5 Å². The molecule has 1 amide bonds. The Labute approximate surface area is 170 Å². The lowest BCUT2D eigenvalue weighted by Crippen LogP contribution is -2.43. The van der Waals surface area contributed by atoms with Gasteiger partial charge in [0.25, 0.3) is 0 Å². The van der Waals surface area contributed by atoms with Crippen molar-refractivity contribution in [1.29, 1.82) is 0 Å². The number of carbonyl (C=O) groups is 1. The Morgan fingerprint density at radius 1 is 1.07 bits per heavy atom. The second-order valence-electron chi connectivity index (χ2n) is 7.14. The van der Waals surface area contributed by atoms with E-state index in [-0.39, 0.29) is 6.04 Å². The van der Waals surface area contributed by atoms with Crippen LogP contribution in [0.1, 0.15) is 18.4 Å². The minimum absolute atomic E-state index is 0.0403. The first-order valence-electron chi connectivity index (χ1n) is 9.33. The second-order valence-corrected chi connectivity index (χ2v) is 8.89. The Balaban J connectivity index is 1.50. The molecule has 29 heavy (non-hydrogen) atoms. The maximum atomic E-state index is 11.2. The third kappa shape index (κ3) is 6.95. The number of nitrogens with one attached hydrogen (secondary N) is 2. The Morgan fingerprint density at radius 3 is 2.14 bits per heavy atom. The zero-order valence-corrected chi connectivity index (χ0v) is 17.0. The van der Waals surface area contributed by atoms with Gasteiger partial charge in [-0.25, -0.2) is 13.2 Å². The topological polar surface area (TPSA) is 108 Å². The van der Waals surface area contributed by atoms with Crippen molar-refractivity contribution >= 4 is 21.8 Å². The summed E-state index contributed by atoms with van der Waals surface area (Å²) < 4.78 is 30.7. The number of piperidine rings is 1. The van der Waals surface area contributed by atoms with Crippen LogP contribution >= 0.6 is 0 Å². The van der Waals surface area contributed by atoms with Crippen molar-refractivity contribution in [3.05, 3.63) is 54.1 Å². The number of rotatable bonds is 7. The van der Waals surface area contributed by atoms with Crippen molar-refractivity contribution in [2.45, 2.75) is 25.4 Å². The summed E-state index contributed by atoms with van der Waals surface area (Å²) in [5, 5.41) is 11.3. The van der Waals surface area contributed by atoms with Gasteiger partial charge in [0.05, 0.1) is 6.26 Å². The average Bonchev–Trinajstić information content (AvgIpc) is 2.65. The van der Waals surface area contributed by atoms with Crippen molar-refractivity contribution in [3.8, 4) is 11.5 Å². The van der Waals surface area contributed by atoms with Crippen LogP contribution in [0.5, 0.6) is 11.5 Å². The highest BCUT2D eigenvalue weighted by Gasteiger charge is 2.20. The maximum Gasteiger partial charge on any atom is 0.404 e. The largest absolute Gasteiger partial charge is 0.465 e. The molecular weight excluding hydrogens is 394 g/mol. The summed E-state index contributed by atoms with van der Waals surface area (Å²) in [4.78, 5) is 13.0. The summed E-state index contributed by atoms with van der Waals surface area (Å²) in [6.45, 7) is 2.53. The minimum atomic E-state index is -3.30. The van der Waals surface area contributed by atoms with E-state index in [0.717, 1.165) is 44.3 Å². The fourth-order valence-electron chi connectivity index (χ4n) is 3.27. The van der Waals surface area contributed by atoms with E-state index in [2.05, 4.69) is 14.9 Å². The van der Waals surface area contributed by atoms with Crippen LogP contribution < -0.4 is 14.8 Å². The van der Waals surface area contributed by atoms with Crippen LogP contribution in [0.4, 0.5) is 10.5 Å². The predicted molar refractivity (Wildman–Crippen MR) is 111 cm³/mol. The summed E-state index contributed by atoms with van der Waals surface area (Å²) in [5.41, 5.74) is 1.65. The van der Waals surface area contributed by atoms with Crippen LogP contribution in [0.15, 0.2) is 48.5 Å².